The van der Waals surface area contributed by atoms with Gasteiger partial charge in [0.25, 0.3) is 0 Å². The first-order chi connectivity index (χ1) is 6.02. The fourth-order valence-electron chi connectivity index (χ4n) is 1.74. The molecule has 1 rings (SSSR count). The molecule has 1 aliphatic heterocycles. The summed E-state index contributed by atoms with van der Waals surface area (Å²) < 4.78 is 18.9. The van der Waals surface area contributed by atoms with E-state index in [9.17, 15) is 4.39 Å². The number of likely N-dealkylation sites (N-methyl/N-ethyl adjacent to an activating group) is 1. The topological polar surface area (TPSA) is 12.5 Å². The zero-order valence-corrected chi connectivity index (χ0v) is 8.96. The summed E-state index contributed by atoms with van der Waals surface area (Å²) in [5, 5.41) is 0. The van der Waals surface area contributed by atoms with Gasteiger partial charge < -0.3 is 4.74 Å². The van der Waals surface area contributed by atoms with E-state index < -0.39 is 6.17 Å². The molecule has 0 aromatic rings. The minimum Gasteiger partial charge on any atom is -0.377 e. The van der Waals surface area contributed by atoms with Gasteiger partial charge in [0.15, 0.2) is 0 Å². The van der Waals surface area contributed by atoms with Gasteiger partial charge in [0.05, 0.1) is 18.8 Å². The van der Waals surface area contributed by atoms with Crippen LogP contribution >= 0.6 is 0 Å². The summed E-state index contributed by atoms with van der Waals surface area (Å²) >= 11 is 0. The van der Waals surface area contributed by atoms with E-state index in [0.717, 1.165) is 0 Å². The standard InChI is InChI=1S/C10H20FNO/c1-7(2)13-6-10-9(11)5-8(3)12(10)4/h7-10H,5-6H2,1-4H3/t8-,9+,10-/m1/s1. The van der Waals surface area contributed by atoms with E-state index in [1.54, 1.807) is 0 Å². The van der Waals surface area contributed by atoms with Gasteiger partial charge in [-0.25, -0.2) is 4.39 Å². The summed E-state index contributed by atoms with van der Waals surface area (Å²) in [5.41, 5.74) is 0. The van der Waals surface area contributed by atoms with Gasteiger partial charge >= 0.3 is 0 Å². The first-order valence-corrected chi connectivity index (χ1v) is 5.00. The molecular weight excluding hydrogens is 169 g/mol. The Bertz CT molecular complexity index is 163. The van der Waals surface area contributed by atoms with Crippen LogP contribution in [0.2, 0.25) is 0 Å². The maximum Gasteiger partial charge on any atom is 0.119 e. The third-order valence-electron chi connectivity index (χ3n) is 2.80. The Morgan fingerprint density at radius 1 is 1.54 bits per heavy atom. The van der Waals surface area contributed by atoms with Gasteiger partial charge in [-0.2, -0.15) is 0 Å². The molecule has 0 aromatic carbocycles. The number of halogens is 1. The average Bonchev–Trinajstić information content (AvgIpc) is 2.24. The van der Waals surface area contributed by atoms with E-state index in [-0.39, 0.29) is 12.1 Å². The largest absolute Gasteiger partial charge is 0.377 e. The minimum absolute atomic E-state index is 0.0441. The molecule has 1 saturated heterocycles. The summed E-state index contributed by atoms with van der Waals surface area (Å²) in [6, 6.07) is 0.299. The Morgan fingerprint density at radius 3 is 2.54 bits per heavy atom. The zero-order chi connectivity index (χ0) is 10.0. The molecule has 78 valence electrons. The molecule has 0 unspecified atom stereocenters. The molecule has 0 radical (unpaired) electrons. The van der Waals surface area contributed by atoms with Crippen LogP contribution < -0.4 is 0 Å². The first kappa shape index (κ1) is 10.9. The molecule has 0 N–H and O–H groups in total. The lowest BCUT2D eigenvalue weighted by molar-refractivity contribution is 0.0235. The van der Waals surface area contributed by atoms with Gasteiger partial charge in [-0.1, -0.05) is 0 Å². The quantitative estimate of drug-likeness (QED) is 0.671. The minimum atomic E-state index is -0.723. The maximum absolute atomic E-state index is 13.4. The smallest absolute Gasteiger partial charge is 0.119 e. The van der Waals surface area contributed by atoms with Gasteiger partial charge in [-0.05, 0) is 34.2 Å². The van der Waals surface area contributed by atoms with Gasteiger partial charge in [-0.3, -0.25) is 4.90 Å². The molecular formula is C10H20FNO. The summed E-state index contributed by atoms with van der Waals surface area (Å²) in [6.45, 7) is 6.53. The van der Waals surface area contributed by atoms with E-state index in [2.05, 4.69) is 11.8 Å². The second kappa shape index (κ2) is 4.38. The summed E-state index contributed by atoms with van der Waals surface area (Å²) in [5.74, 6) is 0. The zero-order valence-electron chi connectivity index (χ0n) is 8.96. The molecule has 0 saturated carbocycles. The van der Waals surface area contributed by atoms with Crippen molar-refractivity contribution < 1.29 is 9.13 Å². The highest BCUT2D eigenvalue weighted by Gasteiger charge is 2.36. The van der Waals surface area contributed by atoms with Crippen molar-refractivity contribution in [1.82, 2.24) is 4.90 Å². The molecule has 0 spiro atoms. The Kier molecular flexibility index (Phi) is 3.68. The van der Waals surface area contributed by atoms with Crippen LogP contribution in [-0.2, 0) is 4.74 Å². The number of alkyl halides is 1. The van der Waals surface area contributed by atoms with E-state index in [0.29, 0.717) is 19.1 Å². The van der Waals surface area contributed by atoms with Gasteiger partial charge in [0.2, 0.25) is 0 Å². The van der Waals surface area contributed by atoms with Crippen molar-refractivity contribution in [3.05, 3.63) is 0 Å². The second-order valence-electron chi connectivity index (χ2n) is 4.22. The van der Waals surface area contributed by atoms with Crippen LogP contribution in [-0.4, -0.2) is 42.9 Å². The fraction of sp³-hybridized carbons (Fsp3) is 1.00. The third-order valence-corrected chi connectivity index (χ3v) is 2.80. The van der Waals surface area contributed by atoms with E-state index in [1.165, 1.54) is 0 Å². The Morgan fingerprint density at radius 2 is 2.15 bits per heavy atom. The normalized spacial score (nSPS) is 36.0. The summed E-state index contributed by atoms with van der Waals surface area (Å²) in [6.07, 6.45) is 0.109. The highest BCUT2D eigenvalue weighted by Crippen LogP contribution is 2.25. The van der Waals surface area contributed by atoms with Crippen LogP contribution in [0.3, 0.4) is 0 Å². The number of hydrogen-bond donors (Lipinski definition) is 0. The Balaban J connectivity index is 2.39. The highest BCUT2D eigenvalue weighted by molar-refractivity contribution is 4.90. The number of rotatable bonds is 3. The molecule has 13 heavy (non-hydrogen) atoms. The number of likely N-dealkylation sites (tertiary alicyclic amines) is 1. The Hall–Kier alpha value is -0.150. The molecule has 0 amide bonds. The maximum atomic E-state index is 13.4. The van der Waals surface area contributed by atoms with Crippen LogP contribution in [0.15, 0.2) is 0 Å². The van der Waals surface area contributed by atoms with Crippen LogP contribution in [0.1, 0.15) is 27.2 Å². The van der Waals surface area contributed by atoms with Crippen LogP contribution in [0.4, 0.5) is 4.39 Å². The van der Waals surface area contributed by atoms with Crippen LogP contribution in [0.25, 0.3) is 0 Å². The molecule has 0 aliphatic carbocycles. The van der Waals surface area contributed by atoms with Crippen molar-refractivity contribution in [3.8, 4) is 0 Å². The highest BCUT2D eigenvalue weighted by atomic mass is 19.1. The second-order valence-corrected chi connectivity index (χ2v) is 4.22. The van der Waals surface area contributed by atoms with Crippen LogP contribution in [0, 0.1) is 0 Å². The Labute approximate surface area is 80.1 Å². The van der Waals surface area contributed by atoms with Gasteiger partial charge in [0, 0.05) is 6.04 Å². The number of ether oxygens (including phenoxy) is 1. The molecule has 3 atom stereocenters. The number of hydrogen-bond acceptors (Lipinski definition) is 2. The van der Waals surface area contributed by atoms with Crippen molar-refractivity contribution in [1.29, 1.82) is 0 Å². The monoisotopic (exact) mass is 189 g/mol. The molecule has 3 heteroatoms. The van der Waals surface area contributed by atoms with Crippen molar-refractivity contribution >= 4 is 0 Å². The van der Waals surface area contributed by atoms with Gasteiger partial charge in [-0.15, -0.1) is 0 Å². The first-order valence-electron chi connectivity index (χ1n) is 5.00. The summed E-state index contributed by atoms with van der Waals surface area (Å²) in [7, 11) is 1.97. The van der Waals surface area contributed by atoms with Crippen molar-refractivity contribution in [3.63, 3.8) is 0 Å². The lowest BCUT2D eigenvalue weighted by Crippen LogP contribution is -2.37. The van der Waals surface area contributed by atoms with Crippen molar-refractivity contribution in [2.24, 2.45) is 0 Å². The molecule has 2 nitrogen and oxygen atoms in total. The SMILES string of the molecule is CC(C)OC[C@@H]1[C@@H](F)C[C@@H](C)N1C. The fourth-order valence-corrected chi connectivity index (χ4v) is 1.74. The number of nitrogens with zero attached hydrogens (tertiary/aromatic N) is 1. The molecule has 0 bridgehead atoms. The molecule has 0 aromatic heterocycles. The molecule has 1 heterocycles. The lowest BCUT2D eigenvalue weighted by atomic mass is 10.2. The van der Waals surface area contributed by atoms with E-state index in [4.69, 9.17) is 4.74 Å². The van der Waals surface area contributed by atoms with Crippen LogP contribution in [0.5, 0.6) is 0 Å². The van der Waals surface area contributed by atoms with E-state index in [1.807, 2.05) is 20.9 Å². The third kappa shape index (κ3) is 2.64. The average molecular weight is 189 g/mol. The van der Waals surface area contributed by atoms with Crippen molar-refractivity contribution in [2.75, 3.05) is 13.7 Å². The predicted octanol–water partition coefficient (Wildman–Crippen LogP) is 1.84. The van der Waals surface area contributed by atoms with Gasteiger partial charge in [0.1, 0.15) is 6.17 Å². The predicted molar refractivity (Wildman–Crippen MR) is 51.6 cm³/mol. The summed E-state index contributed by atoms with van der Waals surface area (Å²) in [4.78, 5) is 2.08. The van der Waals surface area contributed by atoms with Crippen molar-refractivity contribution in [2.45, 2.75) is 51.6 Å². The molecule has 1 fully saturated rings. The van der Waals surface area contributed by atoms with E-state index >= 15 is 0 Å². The molecule has 1 aliphatic rings. The lowest BCUT2D eigenvalue weighted by Gasteiger charge is -2.24.